The van der Waals surface area contributed by atoms with Gasteiger partial charge in [-0.3, -0.25) is 0 Å². The molecule has 0 radical (unpaired) electrons. The Morgan fingerprint density at radius 3 is 2.52 bits per heavy atom. The van der Waals surface area contributed by atoms with Gasteiger partial charge >= 0.3 is 0 Å². The highest BCUT2D eigenvalue weighted by molar-refractivity contribution is 7.99. The molecule has 1 N–H and O–H groups in total. The van der Waals surface area contributed by atoms with E-state index in [1.807, 2.05) is 39.0 Å². The van der Waals surface area contributed by atoms with E-state index in [9.17, 15) is 5.11 Å². The monoisotopic (exact) mass is 404 g/mol. The first-order valence-electron chi connectivity index (χ1n) is 8.54. The van der Waals surface area contributed by atoms with Crippen molar-refractivity contribution in [3.63, 3.8) is 0 Å². The summed E-state index contributed by atoms with van der Waals surface area (Å²) in [6.45, 7) is 6.27. The van der Waals surface area contributed by atoms with Crippen molar-refractivity contribution in [2.45, 2.75) is 32.1 Å². The molecule has 2 aromatic carbocycles. The molecular weight excluding hydrogens is 384 g/mol. The summed E-state index contributed by atoms with van der Waals surface area (Å²) < 4.78 is 11.5. The zero-order valence-corrected chi connectivity index (χ0v) is 17.0. The van der Waals surface area contributed by atoms with Crippen LogP contribution < -0.4 is 4.74 Å². The molecule has 27 heavy (non-hydrogen) atoms. The molecule has 0 fully saturated rings. The van der Waals surface area contributed by atoms with Gasteiger partial charge < -0.3 is 14.3 Å². The molecule has 0 spiro atoms. The van der Waals surface area contributed by atoms with Gasteiger partial charge in [-0.05, 0) is 61.7 Å². The Morgan fingerprint density at radius 1 is 1.07 bits per heavy atom. The van der Waals surface area contributed by atoms with Crippen molar-refractivity contribution in [2.75, 3.05) is 12.4 Å². The Morgan fingerprint density at radius 2 is 1.78 bits per heavy atom. The first-order chi connectivity index (χ1) is 12.9. The molecule has 0 aliphatic rings. The molecule has 5 nitrogen and oxygen atoms in total. The fraction of sp³-hybridized carbons (Fsp3) is 0.300. The van der Waals surface area contributed by atoms with Crippen LogP contribution in [0.5, 0.6) is 5.75 Å². The minimum Gasteiger partial charge on any atom is -0.490 e. The number of aliphatic hydroxyl groups is 1. The normalized spacial score (nSPS) is 12.2. The summed E-state index contributed by atoms with van der Waals surface area (Å²) in [5, 5.41) is 19.3. The van der Waals surface area contributed by atoms with Crippen molar-refractivity contribution in [1.29, 1.82) is 0 Å². The van der Waals surface area contributed by atoms with Crippen molar-refractivity contribution in [3.8, 4) is 17.2 Å². The number of aliphatic hydroxyl groups excluding tert-OH is 1. The van der Waals surface area contributed by atoms with Crippen LogP contribution in [0.2, 0.25) is 5.02 Å². The van der Waals surface area contributed by atoms with Gasteiger partial charge in [0.25, 0.3) is 5.22 Å². The minimum absolute atomic E-state index is 0.205. The lowest BCUT2D eigenvalue weighted by atomic mass is 10.1. The molecule has 3 aromatic rings. The standard InChI is InChI=1S/C20H21ClN2O3S/c1-12-4-5-13(2)18(14(12)3)25-10-17(24)11-27-20-23-22-19(26-20)15-6-8-16(21)9-7-15/h4-9,17,24H,10-11H2,1-3H3/t17-/m0/s1. The van der Waals surface area contributed by atoms with E-state index in [0.717, 1.165) is 22.4 Å². The molecule has 0 saturated heterocycles. The van der Waals surface area contributed by atoms with E-state index in [1.54, 1.807) is 12.1 Å². The van der Waals surface area contributed by atoms with Crippen LogP contribution >= 0.6 is 23.4 Å². The van der Waals surface area contributed by atoms with E-state index in [1.165, 1.54) is 17.3 Å². The van der Waals surface area contributed by atoms with E-state index >= 15 is 0 Å². The Bertz CT molecular complexity index is 912. The van der Waals surface area contributed by atoms with Crippen LogP contribution in [-0.2, 0) is 0 Å². The third-order valence-corrected chi connectivity index (χ3v) is 5.41. The Labute approximate surface area is 167 Å². The zero-order valence-electron chi connectivity index (χ0n) is 15.4. The summed E-state index contributed by atoms with van der Waals surface area (Å²) >= 11 is 7.18. The van der Waals surface area contributed by atoms with Crippen LogP contribution in [0.15, 0.2) is 46.0 Å². The number of aromatic nitrogens is 2. The van der Waals surface area contributed by atoms with E-state index in [-0.39, 0.29) is 6.61 Å². The molecule has 0 bridgehead atoms. The summed E-state index contributed by atoms with van der Waals surface area (Å²) in [5.74, 6) is 1.65. The average molecular weight is 405 g/mol. The number of thioether (sulfide) groups is 1. The van der Waals surface area contributed by atoms with Crippen molar-refractivity contribution in [2.24, 2.45) is 0 Å². The van der Waals surface area contributed by atoms with Crippen LogP contribution in [0.4, 0.5) is 0 Å². The van der Waals surface area contributed by atoms with Gasteiger partial charge in [0.2, 0.25) is 5.89 Å². The van der Waals surface area contributed by atoms with E-state index < -0.39 is 6.10 Å². The summed E-state index contributed by atoms with van der Waals surface area (Å²) in [7, 11) is 0. The van der Waals surface area contributed by atoms with Crippen LogP contribution in [0.25, 0.3) is 11.5 Å². The van der Waals surface area contributed by atoms with E-state index in [2.05, 4.69) is 16.3 Å². The number of hydrogen-bond acceptors (Lipinski definition) is 6. The second-order valence-corrected chi connectivity index (χ2v) is 7.72. The smallest absolute Gasteiger partial charge is 0.276 e. The van der Waals surface area contributed by atoms with Crippen molar-refractivity contribution in [1.82, 2.24) is 10.2 Å². The lowest BCUT2D eigenvalue weighted by Gasteiger charge is -2.16. The highest BCUT2D eigenvalue weighted by Crippen LogP contribution is 2.27. The lowest BCUT2D eigenvalue weighted by Crippen LogP contribution is -2.20. The molecule has 0 amide bonds. The number of hydrogen-bond donors (Lipinski definition) is 1. The first-order valence-corrected chi connectivity index (χ1v) is 9.90. The predicted octanol–water partition coefficient (Wildman–Crippen LogP) is 4.85. The van der Waals surface area contributed by atoms with Gasteiger partial charge in [-0.15, -0.1) is 10.2 Å². The second kappa shape index (κ2) is 8.78. The molecule has 3 rings (SSSR count). The van der Waals surface area contributed by atoms with Crippen molar-refractivity contribution in [3.05, 3.63) is 58.1 Å². The van der Waals surface area contributed by atoms with Gasteiger partial charge in [0.05, 0.1) is 6.10 Å². The number of aryl methyl sites for hydroxylation is 2. The molecule has 0 unspecified atom stereocenters. The highest BCUT2D eigenvalue weighted by atomic mass is 35.5. The fourth-order valence-electron chi connectivity index (χ4n) is 2.52. The summed E-state index contributed by atoms with van der Waals surface area (Å²) in [6, 6.07) is 11.3. The molecule has 0 aliphatic carbocycles. The van der Waals surface area contributed by atoms with Crippen LogP contribution in [0.3, 0.4) is 0 Å². The van der Waals surface area contributed by atoms with Gasteiger partial charge in [-0.25, -0.2) is 0 Å². The molecular formula is C20H21ClN2O3S. The van der Waals surface area contributed by atoms with Crippen LogP contribution in [0, 0.1) is 20.8 Å². The number of benzene rings is 2. The molecule has 0 aliphatic heterocycles. The molecule has 1 atom stereocenters. The third-order valence-electron chi connectivity index (χ3n) is 4.19. The molecule has 1 heterocycles. The van der Waals surface area contributed by atoms with Gasteiger partial charge in [-0.1, -0.05) is 35.5 Å². The molecule has 142 valence electrons. The predicted molar refractivity (Wildman–Crippen MR) is 108 cm³/mol. The maximum atomic E-state index is 10.2. The van der Waals surface area contributed by atoms with Crippen LogP contribution in [-0.4, -0.2) is 33.8 Å². The van der Waals surface area contributed by atoms with Gasteiger partial charge in [0.1, 0.15) is 12.4 Å². The summed E-state index contributed by atoms with van der Waals surface area (Å²) in [4.78, 5) is 0. The minimum atomic E-state index is -0.653. The quantitative estimate of drug-likeness (QED) is 0.568. The van der Waals surface area contributed by atoms with Gasteiger partial charge in [0, 0.05) is 16.3 Å². The van der Waals surface area contributed by atoms with Gasteiger partial charge in [-0.2, -0.15) is 0 Å². The van der Waals surface area contributed by atoms with Gasteiger partial charge in [0.15, 0.2) is 0 Å². The highest BCUT2D eigenvalue weighted by Gasteiger charge is 2.14. The fourth-order valence-corrected chi connectivity index (χ4v) is 3.31. The molecule has 7 heteroatoms. The van der Waals surface area contributed by atoms with E-state index in [0.29, 0.717) is 21.9 Å². The van der Waals surface area contributed by atoms with Crippen molar-refractivity contribution >= 4 is 23.4 Å². The SMILES string of the molecule is Cc1ccc(C)c(OC[C@H](O)CSc2nnc(-c3ccc(Cl)cc3)o2)c1C. The first kappa shape index (κ1) is 19.7. The Kier molecular flexibility index (Phi) is 6.42. The Hall–Kier alpha value is -2.02. The van der Waals surface area contributed by atoms with Crippen LogP contribution in [0.1, 0.15) is 16.7 Å². The topological polar surface area (TPSA) is 68.4 Å². The largest absolute Gasteiger partial charge is 0.490 e. The average Bonchev–Trinajstić information content (AvgIpc) is 3.13. The second-order valence-electron chi connectivity index (χ2n) is 6.31. The summed E-state index contributed by atoms with van der Waals surface area (Å²) in [5.41, 5.74) is 4.12. The third kappa shape index (κ3) is 5.03. The number of ether oxygens (including phenoxy) is 1. The van der Waals surface area contributed by atoms with E-state index in [4.69, 9.17) is 20.8 Å². The Balaban J connectivity index is 1.53. The summed E-state index contributed by atoms with van der Waals surface area (Å²) in [6.07, 6.45) is -0.653. The maximum Gasteiger partial charge on any atom is 0.276 e. The lowest BCUT2D eigenvalue weighted by molar-refractivity contribution is 0.125. The number of nitrogens with zero attached hydrogens (tertiary/aromatic N) is 2. The van der Waals surface area contributed by atoms with Crippen molar-refractivity contribution < 1.29 is 14.3 Å². The molecule has 0 saturated carbocycles. The molecule has 1 aromatic heterocycles. The number of rotatable bonds is 7. The zero-order chi connectivity index (χ0) is 19.4. The number of halogens is 1. The maximum absolute atomic E-state index is 10.2.